The monoisotopic (exact) mass is 202 g/mol. The second kappa shape index (κ2) is 5.05. The lowest BCUT2D eigenvalue weighted by Crippen LogP contribution is -2.11. The predicted octanol–water partition coefficient (Wildman–Crippen LogP) is -0.0697. The normalized spacial score (nSPS) is 11.3. The second-order valence-electron chi connectivity index (χ2n) is 1.92. The molecule has 0 amide bonds. The number of nitriles is 1. The molecule has 0 rings (SSSR count). The van der Waals surface area contributed by atoms with Crippen LogP contribution in [0.15, 0.2) is 10.6 Å². The van der Waals surface area contributed by atoms with Crippen LogP contribution in [0.1, 0.15) is 6.42 Å². The van der Waals surface area contributed by atoms with Crippen molar-refractivity contribution in [2.75, 3.05) is 0 Å². The van der Waals surface area contributed by atoms with E-state index in [-0.39, 0.29) is 5.70 Å². The summed E-state index contributed by atoms with van der Waals surface area (Å²) in [6, 6.07) is 0. The first-order valence-corrected chi connectivity index (χ1v) is 3.80. The van der Waals surface area contributed by atoms with Gasteiger partial charge in [-0.2, -0.15) is 5.26 Å². The third-order valence-corrected chi connectivity index (χ3v) is 1.71. The van der Waals surface area contributed by atoms with Gasteiger partial charge < -0.3 is 15.9 Å². The molecule has 0 aromatic carbocycles. The van der Waals surface area contributed by atoms with Crippen molar-refractivity contribution in [2.45, 2.75) is 6.42 Å². The Morgan fingerprint density at radius 3 is 2.31 bits per heavy atom. The summed E-state index contributed by atoms with van der Waals surface area (Å²) >= 11 is 0.332. The second-order valence-corrected chi connectivity index (χ2v) is 2.72. The topological polar surface area (TPSA) is 124 Å². The summed E-state index contributed by atoms with van der Waals surface area (Å²) in [6.07, 6.45) is -0.587. The van der Waals surface area contributed by atoms with Gasteiger partial charge in [-0.05, 0) is 11.8 Å². The molecule has 7 heteroatoms. The molecule has 0 heterocycles. The summed E-state index contributed by atoms with van der Waals surface area (Å²) in [5.74, 6) is -2.64. The van der Waals surface area contributed by atoms with Crippen LogP contribution in [0.3, 0.4) is 0 Å². The third kappa shape index (κ3) is 4.03. The van der Waals surface area contributed by atoms with Crippen LogP contribution in [0.25, 0.3) is 0 Å². The summed E-state index contributed by atoms with van der Waals surface area (Å²) in [5, 5.41) is 26.5. The number of carboxylic acid groups (broad SMARTS) is 2. The minimum Gasteiger partial charge on any atom is -0.481 e. The summed E-state index contributed by atoms with van der Waals surface area (Å²) in [5.41, 5.74) is 4.82. The first-order valence-electron chi connectivity index (χ1n) is 2.98. The lowest BCUT2D eigenvalue weighted by atomic mass is 10.3. The fraction of sp³-hybridized carbons (Fsp3) is 0.167. The van der Waals surface area contributed by atoms with Crippen molar-refractivity contribution in [1.29, 1.82) is 5.26 Å². The zero-order valence-corrected chi connectivity index (χ0v) is 7.17. The maximum Gasteiger partial charge on any atom is 0.345 e. The van der Waals surface area contributed by atoms with Gasteiger partial charge in [-0.15, -0.1) is 0 Å². The van der Waals surface area contributed by atoms with E-state index in [2.05, 4.69) is 0 Å². The number of hydrogen-bond donors (Lipinski definition) is 3. The van der Waals surface area contributed by atoms with Crippen LogP contribution in [-0.4, -0.2) is 22.2 Å². The number of nitrogens with zero attached hydrogens (tertiary/aromatic N) is 1. The molecule has 70 valence electrons. The largest absolute Gasteiger partial charge is 0.481 e. The number of nitrogens with two attached hydrogens (primary N) is 1. The summed E-state index contributed by atoms with van der Waals surface area (Å²) < 4.78 is 0. The Hall–Kier alpha value is -1.68. The van der Waals surface area contributed by atoms with Gasteiger partial charge in [0.25, 0.3) is 0 Å². The molecule has 0 saturated carbocycles. The zero-order chi connectivity index (χ0) is 10.4. The number of carbonyl (C=O) groups is 2. The number of thiocyanates is 1. The van der Waals surface area contributed by atoms with Crippen LogP contribution in [0.5, 0.6) is 0 Å². The molecule has 0 aromatic heterocycles. The minimum absolute atomic E-state index is 0.327. The van der Waals surface area contributed by atoms with Gasteiger partial charge in [0, 0.05) is 5.70 Å². The Morgan fingerprint density at radius 2 is 2.00 bits per heavy atom. The van der Waals surface area contributed by atoms with Crippen molar-refractivity contribution >= 4 is 23.7 Å². The Morgan fingerprint density at radius 1 is 1.46 bits per heavy atom. The molecule has 4 N–H and O–H groups in total. The van der Waals surface area contributed by atoms with Crippen molar-refractivity contribution in [1.82, 2.24) is 0 Å². The average molecular weight is 202 g/mol. The number of hydrogen-bond acceptors (Lipinski definition) is 5. The summed E-state index contributed by atoms with van der Waals surface area (Å²) in [6.45, 7) is 0. The molecule has 0 unspecified atom stereocenters. The first kappa shape index (κ1) is 11.3. The number of rotatable bonds is 4. The van der Waals surface area contributed by atoms with Gasteiger partial charge >= 0.3 is 11.9 Å². The Bertz CT molecular complexity index is 304. The average Bonchev–Trinajstić information content (AvgIpc) is 1.97. The lowest BCUT2D eigenvalue weighted by molar-refractivity contribution is -0.136. The number of carboxylic acids is 2. The van der Waals surface area contributed by atoms with Gasteiger partial charge in [0.05, 0.1) is 6.42 Å². The van der Waals surface area contributed by atoms with Gasteiger partial charge in [0.2, 0.25) is 0 Å². The van der Waals surface area contributed by atoms with Crippen LogP contribution in [0.4, 0.5) is 0 Å². The van der Waals surface area contributed by atoms with Crippen molar-refractivity contribution in [3.05, 3.63) is 10.6 Å². The molecule has 0 aliphatic rings. The zero-order valence-electron chi connectivity index (χ0n) is 6.35. The Balaban J connectivity index is 4.76. The van der Waals surface area contributed by atoms with Crippen molar-refractivity contribution in [3.63, 3.8) is 0 Å². The van der Waals surface area contributed by atoms with E-state index in [4.69, 9.17) is 21.2 Å². The van der Waals surface area contributed by atoms with E-state index in [1.165, 1.54) is 5.40 Å². The van der Waals surface area contributed by atoms with Crippen LogP contribution < -0.4 is 5.73 Å². The SMILES string of the molecule is N#CS/C(C(=O)O)=C(/N)CC(=O)O. The summed E-state index contributed by atoms with van der Waals surface area (Å²) in [4.78, 5) is 20.1. The van der Waals surface area contributed by atoms with E-state index >= 15 is 0 Å². The van der Waals surface area contributed by atoms with Crippen molar-refractivity contribution in [2.24, 2.45) is 5.73 Å². The van der Waals surface area contributed by atoms with E-state index in [1.807, 2.05) is 0 Å². The van der Waals surface area contributed by atoms with E-state index in [9.17, 15) is 9.59 Å². The molecule has 0 aliphatic heterocycles. The van der Waals surface area contributed by atoms with Gasteiger partial charge in [-0.1, -0.05) is 0 Å². The fourth-order valence-corrected chi connectivity index (χ4v) is 0.917. The molecular formula is C6H6N2O4S. The van der Waals surface area contributed by atoms with Gasteiger partial charge in [0.15, 0.2) is 0 Å². The maximum absolute atomic E-state index is 10.4. The first-order chi connectivity index (χ1) is 5.99. The lowest BCUT2D eigenvalue weighted by Gasteiger charge is -2.00. The molecule has 0 fully saturated rings. The van der Waals surface area contributed by atoms with Gasteiger partial charge in [0.1, 0.15) is 10.3 Å². The van der Waals surface area contributed by atoms with E-state index in [1.54, 1.807) is 0 Å². The van der Waals surface area contributed by atoms with Gasteiger partial charge in [-0.25, -0.2) is 4.79 Å². The smallest absolute Gasteiger partial charge is 0.345 e. The molecule has 0 atom stereocenters. The molecule has 0 spiro atoms. The molecule has 0 aromatic rings. The van der Waals surface area contributed by atoms with E-state index in [0.717, 1.165) is 0 Å². The van der Waals surface area contributed by atoms with E-state index < -0.39 is 23.3 Å². The highest BCUT2D eigenvalue weighted by atomic mass is 32.2. The molecule has 0 bridgehead atoms. The molecule has 0 saturated heterocycles. The number of aliphatic carboxylic acids is 2. The van der Waals surface area contributed by atoms with Gasteiger partial charge in [-0.3, -0.25) is 4.79 Å². The molecule has 6 nitrogen and oxygen atoms in total. The molecule has 0 aliphatic carbocycles. The molecule has 0 radical (unpaired) electrons. The van der Waals surface area contributed by atoms with Crippen LogP contribution in [-0.2, 0) is 9.59 Å². The molecular weight excluding hydrogens is 196 g/mol. The Kier molecular flexibility index (Phi) is 4.40. The van der Waals surface area contributed by atoms with Crippen molar-refractivity contribution < 1.29 is 19.8 Å². The Labute approximate surface area is 77.6 Å². The fourth-order valence-electron chi connectivity index (χ4n) is 0.535. The van der Waals surface area contributed by atoms with Crippen LogP contribution >= 0.6 is 11.8 Å². The number of thioether (sulfide) groups is 1. The highest BCUT2D eigenvalue weighted by Gasteiger charge is 2.15. The predicted molar refractivity (Wildman–Crippen MR) is 44.3 cm³/mol. The third-order valence-electron chi connectivity index (χ3n) is 0.975. The summed E-state index contributed by atoms with van der Waals surface area (Å²) in [7, 11) is 0. The maximum atomic E-state index is 10.4. The van der Waals surface area contributed by atoms with Crippen LogP contribution in [0.2, 0.25) is 0 Å². The highest BCUT2D eigenvalue weighted by molar-refractivity contribution is 8.08. The standard InChI is InChI=1S/C6H6N2O4S/c7-2-13-5(6(11)12)3(8)1-4(9)10/h1,8H2,(H,9,10)(H,11,12)/b5-3+. The van der Waals surface area contributed by atoms with Crippen molar-refractivity contribution in [3.8, 4) is 5.40 Å². The minimum atomic E-state index is -1.40. The van der Waals surface area contributed by atoms with E-state index in [0.29, 0.717) is 11.8 Å². The highest BCUT2D eigenvalue weighted by Crippen LogP contribution is 2.17. The molecule has 13 heavy (non-hydrogen) atoms. The van der Waals surface area contributed by atoms with Crippen LogP contribution in [0, 0.1) is 10.7 Å². The quantitative estimate of drug-likeness (QED) is 0.430.